The SMILES string of the molecule is CCCCCCC(C)(C)c1cc(OC)c2c(c1)OC(C)(C)c1cnn(-c3ccc(Cl)cc3Cl)c1-2. The van der Waals surface area contributed by atoms with Gasteiger partial charge < -0.3 is 9.47 Å². The molecular formula is C28H34Cl2N2O2. The van der Waals surface area contributed by atoms with Crippen LogP contribution in [0, 0.1) is 0 Å². The van der Waals surface area contributed by atoms with Crippen LogP contribution in [0.15, 0.2) is 36.5 Å². The Labute approximate surface area is 213 Å². The second-order valence-corrected chi connectivity index (χ2v) is 11.1. The van der Waals surface area contributed by atoms with Crippen LogP contribution in [0.25, 0.3) is 16.9 Å². The number of halogens is 2. The molecule has 6 heteroatoms. The Morgan fingerprint density at radius 1 is 1.09 bits per heavy atom. The second kappa shape index (κ2) is 9.47. The van der Waals surface area contributed by atoms with E-state index in [1.807, 2.05) is 23.0 Å². The summed E-state index contributed by atoms with van der Waals surface area (Å²) in [6, 6.07) is 9.79. The molecule has 1 aliphatic rings. The quantitative estimate of drug-likeness (QED) is 0.290. The number of methoxy groups -OCH3 is 1. The van der Waals surface area contributed by atoms with Crippen molar-refractivity contribution in [2.75, 3.05) is 7.11 Å². The van der Waals surface area contributed by atoms with Gasteiger partial charge in [0, 0.05) is 10.6 Å². The summed E-state index contributed by atoms with van der Waals surface area (Å²) in [6.07, 6.45) is 7.95. The van der Waals surface area contributed by atoms with Crippen molar-refractivity contribution in [2.45, 2.75) is 77.7 Å². The second-order valence-electron chi connectivity index (χ2n) is 10.3. The first-order valence-corrected chi connectivity index (χ1v) is 12.8. The Hall–Kier alpha value is -2.17. The average Bonchev–Trinajstić information content (AvgIpc) is 3.21. The molecule has 0 N–H and O–H groups in total. The molecule has 34 heavy (non-hydrogen) atoms. The minimum absolute atomic E-state index is 0.00353. The van der Waals surface area contributed by atoms with Gasteiger partial charge in [-0.25, -0.2) is 4.68 Å². The van der Waals surface area contributed by atoms with E-state index in [0.717, 1.165) is 40.4 Å². The lowest BCUT2D eigenvalue weighted by Gasteiger charge is -2.35. The minimum Gasteiger partial charge on any atom is -0.496 e. The predicted octanol–water partition coefficient (Wildman–Crippen LogP) is 8.73. The van der Waals surface area contributed by atoms with Gasteiger partial charge in [-0.3, -0.25) is 0 Å². The molecule has 0 unspecified atom stereocenters. The normalized spacial score (nSPS) is 14.4. The van der Waals surface area contributed by atoms with E-state index in [1.165, 1.54) is 31.2 Å². The molecule has 182 valence electrons. The van der Waals surface area contributed by atoms with Crippen molar-refractivity contribution in [3.63, 3.8) is 0 Å². The molecule has 0 amide bonds. The summed E-state index contributed by atoms with van der Waals surface area (Å²) in [6.45, 7) is 11.0. The lowest BCUT2D eigenvalue weighted by molar-refractivity contribution is 0.105. The van der Waals surface area contributed by atoms with Crippen LogP contribution in [0.3, 0.4) is 0 Å². The molecule has 0 spiro atoms. The zero-order chi connectivity index (χ0) is 24.7. The Bertz CT molecular complexity index is 1200. The smallest absolute Gasteiger partial charge is 0.134 e. The first-order valence-electron chi connectivity index (χ1n) is 12.0. The fourth-order valence-corrected chi connectivity index (χ4v) is 5.28. The standard InChI is InChI=1S/C28H34Cl2N2O2/c1-7-8-9-10-13-27(2,3)18-14-23(33-6)25-24(15-18)34-28(4,5)20-17-31-32(26(20)25)22-12-11-19(29)16-21(22)30/h11-12,14-17H,7-10,13H2,1-6H3. The first kappa shape index (κ1) is 24.9. The molecule has 4 nitrogen and oxygen atoms in total. The molecule has 1 aromatic heterocycles. The number of ether oxygens (including phenoxy) is 2. The highest BCUT2D eigenvalue weighted by molar-refractivity contribution is 6.35. The van der Waals surface area contributed by atoms with E-state index in [0.29, 0.717) is 10.0 Å². The molecule has 0 fully saturated rings. The van der Waals surface area contributed by atoms with Crippen molar-refractivity contribution in [3.8, 4) is 28.4 Å². The molecule has 0 aliphatic carbocycles. The summed E-state index contributed by atoms with van der Waals surface area (Å²) in [5.74, 6) is 1.58. The van der Waals surface area contributed by atoms with E-state index < -0.39 is 5.60 Å². The van der Waals surface area contributed by atoms with E-state index in [2.05, 4.69) is 46.8 Å². The van der Waals surface area contributed by atoms with E-state index in [1.54, 1.807) is 13.2 Å². The number of hydrogen-bond acceptors (Lipinski definition) is 3. The predicted molar refractivity (Wildman–Crippen MR) is 141 cm³/mol. The van der Waals surface area contributed by atoms with Gasteiger partial charge in [-0.15, -0.1) is 0 Å². The largest absolute Gasteiger partial charge is 0.496 e. The van der Waals surface area contributed by atoms with Crippen LogP contribution in [0.4, 0.5) is 0 Å². The van der Waals surface area contributed by atoms with Gasteiger partial charge in [0.25, 0.3) is 0 Å². The fourth-order valence-electron chi connectivity index (χ4n) is 4.79. The Balaban J connectivity index is 1.86. The van der Waals surface area contributed by atoms with Crippen LogP contribution < -0.4 is 9.47 Å². The van der Waals surface area contributed by atoms with Gasteiger partial charge in [0.1, 0.15) is 17.1 Å². The third-order valence-electron chi connectivity index (χ3n) is 6.88. The van der Waals surface area contributed by atoms with Crippen LogP contribution in [0.1, 0.15) is 77.8 Å². The number of unbranched alkanes of at least 4 members (excludes halogenated alkanes) is 3. The summed E-state index contributed by atoms with van der Waals surface area (Å²) < 4.78 is 14.4. The highest BCUT2D eigenvalue weighted by Gasteiger charge is 2.39. The molecule has 2 aromatic carbocycles. The summed E-state index contributed by atoms with van der Waals surface area (Å²) in [5, 5.41) is 5.83. The van der Waals surface area contributed by atoms with E-state index in [4.69, 9.17) is 37.8 Å². The molecule has 4 rings (SSSR count). The molecule has 3 aromatic rings. The lowest BCUT2D eigenvalue weighted by atomic mass is 9.78. The summed E-state index contributed by atoms with van der Waals surface area (Å²) in [7, 11) is 1.71. The van der Waals surface area contributed by atoms with Crippen LogP contribution in [0.5, 0.6) is 11.5 Å². The number of nitrogens with zero attached hydrogens (tertiary/aromatic N) is 2. The van der Waals surface area contributed by atoms with Gasteiger partial charge in [-0.05, 0) is 61.6 Å². The van der Waals surface area contributed by atoms with E-state index in [9.17, 15) is 0 Å². The van der Waals surface area contributed by atoms with Crippen molar-refractivity contribution in [1.29, 1.82) is 0 Å². The van der Waals surface area contributed by atoms with Crippen LogP contribution >= 0.6 is 23.2 Å². The molecule has 1 aliphatic heterocycles. The minimum atomic E-state index is -0.561. The van der Waals surface area contributed by atoms with Gasteiger partial charge in [0.15, 0.2) is 0 Å². The van der Waals surface area contributed by atoms with Gasteiger partial charge in [-0.2, -0.15) is 5.10 Å². The summed E-state index contributed by atoms with van der Waals surface area (Å²) in [5.41, 5.74) is 4.23. The van der Waals surface area contributed by atoms with Crippen LogP contribution in [-0.2, 0) is 11.0 Å². The van der Waals surface area contributed by atoms with Gasteiger partial charge in [-0.1, -0.05) is 69.7 Å². The maximum Gasteiger partial charge on any atom is 0.134 e. The summed E-state index contributed by atoms with van der Waals surface area (Å²) in [4.78, 5) is 0. The van der Waals surface area contributed by atoms with Crippen molar-refractivity contribution in [1.82, 2.24) is 9.78 Å². The maximum absolute atomic E-state index is 6.58. The highest BCUT2D eigenvalue weighted by atomic mass is 35.5. The first-order chi connectivity index (χ1) is 16.1. The third kappa shape index (κ3) is 4.55. The number of benzene rings is 2. The molecule has 0 saturated heterocycles. The number of rotatable bonds is 8. The van der Waals surface area contributed by atoms with Crippen LogP contribution in [0.2, 0.25) is 10.0 Å². The Morgan fingerprint density at radius 2 is 1.85 bits per heavy atom. The maximum atomic E-state index is 6.58. The lowest BCUT2D eigenvalue weighted by Crippen LogP contribution is -2.30. The molecule has 0 saturated carbocycles. The van der Waals surface area contributed by atoms with Gasteiger partial charge >= 0.3 is 0 Å². The molecule has 0 bridgehead atoms. The Kier molecular flexibility index (Phi) is 6.94. The molecule has 0 atom stereocenters. The summed E-state index contributed by atoms with van der Waals surface area (Å²) >= 11 is 12.7. The van der Waals surface area contributed by atoms with Crippen molar-refractivity contribution in [3.05, 3.63) is 57.7 Å². The van der Waals surface area contributed by atoms with Crippen molar-refractivity contribution < 1.29 is 9.47 Å². The zero-order valence-electron chi connectivity index (χ0n) is 21.0. The van der Waals surface area contributed by atoms with E-state index in [-0.39, 0.29) is 5.41 Å². The van der Waals surface area contributed by atoms with Gasteiger partial charge in [0.2, 0.25) is 0 Å². The molecule has 2 heterocycles. The Morgan fingerprint density at radius 3 is 2.53 bits per heavy atom. The monoisotopic (exact) mass is 500 g/mol. The average molecular weight is 501 g/mol. The van der Waals surface area contributed by atoms with Crippen molar-refractivity contribution in [2.24, 2.45) is 0 Å². The third-order valence-corrected chi connectivity index (χ3v) is 7.42. The zero-order valence-corrected chi connectivity index (χ0v) is 22.5. The van der Waals surface area contributed by atoms with Crippen molar-refractivity contribution >= 4 is 23.2 Å². The number of hydrogen-bond donors (Lipinski definition) is 0. The number of aromatic nitrogens is 2. The van der Waals surface area contributed by atoms with Gasteiger partial charge in [0.05, 0.1) is 35.3 Å². The van der Waals surface area contributed by atoms with Crippen LogP contribution in [-0.4, -0.2) is 16.9 Å². The fraction of sp³-hybridized carbons (Fsp3) is 0.464. The number of fused-ring (bicyclic) bond motifs is 3. The molecular weight excluding hydrogens is 467 g/mol. The highest BCUT2D eigenvalue weighted by Crippen LogP contribution is 2.52. The van der Waals surface area contributed by atoms with E-state index >= 15 is 0 Å². The molecule has 0 radical (unpaired) electrons. The topological polar surface area (TPSA) is 36.3 Å².